The van der Waals surface area contributed by atoms with Crippen LogP contribution in [0.2, 0.25) is 0 Å². The molecule has 0 unspecified atom stereocenters. The number of halogens is 2. The lowest BCUT2D eigenvalue weighted by atomic mass is 10.1. The molecule has 0 aliphatic heterocycles. The Morgan fingerprint density at radius 3 is 1.92 bits per heavy atom. The predicted molar refractivity (Wildman–Crippen MR) is 68.9 cm³/mol. The molecular formula is C8H16I2O3. The van der Waals surface area contributed by atoms with E-state index >= 15 is 0 Å². The first kappa shape index (κ1) is 14.3. The smallest absolute Gasteiger partial charge is 0.300 e. The second-order valence-electron chi connectivity index (χ2n) is 3.15. The molecule has 5 heteroatoms. The highest BCUT2D eigenvalue weighted by atomic mass is 127. The first-order valence-corrected chi connectivity index (χ1v) is 6.52. The molecule has 13 heavy (non-hydrogen) atoms. The van der Waals surface area contributed by atoms with Crippen molar-refractivity contribution in [1.82, 2.24) is 0 Å². The van der Waals surface area contributed by atoms with Crippen molar-refractivity contribution in [1.29, 1.82) is 0 Å². The Kier molecular flexibility index (Phi) is 6.66. The highest BCUT2D eigenvalue weighted by Crippen LogP contribution is 2.40. The largest absolute Gasteiger partial charge is 0.342 e. The van der Waals surface area contributed by atoms with Crippen molar-refractivity contribution in [2.24, 2.45) is 0 Å². The zero-order valence-corrected chi connectivity index (χ0v) is 11.9. The average molecular weight is 414 g/mol. The van der Waals surface area contributed by atoms with Crippen LogP contribution in [-0.2, 0) is 0 Å². The minimum atomic E-state index is -2.58. The topological polar surface area (TPSA) is 60.7 Å². The molecule has 0 heterocycles. The van der Waals surface area contributed by atoms with Crippen molar-refractivity contribution >= 4 is 45.2 Å². The maximum Gasteiger partial charge on any atom is 0.300 e. The Hall–Kier alpha value is 1.34. The molecule has 0 aliphatic carbocycles. The molecule has 0 aromatic carbocycles. The minimum Gasteiger partial charge on any atom is -0.342 e. The van der Waals surface area contributed by atoms with Gasteiger partial charge in [-0.25, -0.2) is 0 Å². The van der Waals surface area contributed by atoms with Gasteiger partial charge in [0, 0.05) is 0 Å². The molecule has 0 bridgehead atoms. The second kappa shape index (κ2) is 6.04. The Morgan fingerprint density at radius 2 is 1.54 bits per heavy atom. The summed E-state index contributed by atoms with van der Waals surface area (Å²) in [7, 11) is 0. The third kappa shape index (κ3) is 5.71. The summed E-state index contributed by atoms with van der Waals surface area (Å²) in [6, 6.07) is 0. The molecule has 0 saturated heterocycles. The zero-order chi connectivity index (χ0) is 10.5. The SMILES string of the molecule is CCCCCCC(I)(I)C(O)(O)O. The van der Waals surface area contributed by atoms with Crippen molar-refractivity contribution in [2.75, 3.05) is 0 Å². The van der Waals surface area contributed by atoms with Crippen LogP contribution in [0.1, 0.15) is 39.0 Å². The number of hydrogen-bond acceptors (Lipinski definition) is 3. The van der Waals surface area contributed by atoms with Crippen molar-refractivity contribution in [3.63, 3.8) is 0 Å². The van der Waals surface area contributed by atoms with Crippen molar-refractivity contribution in [3.8, 4) is 0 Å². The van der Waals surface area contributed by atoms with Gasteiger partial charge in [0.05, 0.1) is 0 Å². The first-order valence-electron chi connectivity index (χ1n) is 4.36. The lowest BCUT2D eigenvalue weighted by Crippen LogP contribution is -2.45. The molecule has 80 valence electrons. The Morgan fingerprint density at radius 1 is 1.00 bits per heavy atom. The molecule has 0 atom stereocenters. The van der Waals surface area contributed by atoms with Crippen LogP contribution >= 0.6 is 45.2 Å². The van der Waals surface area contributed by atoms with Gasteiger partial charge in [-0.15, -0.1) is 0 Å². The standard InChI is InChI=1S/C8H16I2O3/c1-2-3-4-5-6-7(9,10)8(11,12)13/h11-13H,2-6H2,1H3. The van der Waals surface area contributed by atoms with Crippen LogP contribution in [0.4, 0.5) is 0 Å². The average Bonchev–Trinajstić information content (AvgIpc) is 1.96. The van der Waals surface area contributed by atoms with Gasteiger partial charge in [0.1, 0.15) is 0 Å². The summed E-state index contributed by atoms with van der Waals surface area (Å²) in [6.07, 6.45) is 4.87. The molecule has 3 nitrogen and oxygen atoms in total. The normalized spacial score (nSPS) is 13.4. The first-order chi connectivity index (χ1) is 5.81. The van der Waals surface area contributed by atoms with E-state index < -0.39 is 7.40 Å². The summed E-state index contributed by atoms with van der Waals surface area (Å²) < 4.78 is -0.906. The molecule has 0 spiro atoms. The van der Waals surface area contributed by atoms with Crippen LogP contribution in [0.5, 0.6) is 0 Å². The van der Waals surface area contributed by atoms with Crippen LogP contribution in [0, 0.1) is 0 Å². The fourth-order valence-corrected chi connectivity index (χ4v) is 1.70. The molecule has 0 aromatic rings. The van der Waals surface area contributed by atoms with Crippen molar-refractivity contribution < 1.29 is 15.3 Å². The number of unbranched alkanes of at least 4 members (excludes halogenated alkanes) is 3. The van der Waals surface area contributed by atoms with E-state index in [-0.39, 0.29) is 0 Å². The Bertz CT molecular complexity index is 143. The number of hydrogen-bond donors (Lipinski definition) is 3. The highest BCUT2D eigenvalue weighted by Gasteiger charge is 2.43. The Balaban J connectivity index is 3.77. The fraction of sp³-hybridized carbons (Fsp3) is 1.00. The van der Waals surface area contributed by atoms with E-state index in [4.69, 9.17) is 15.3 Å². The van der Waals surface area contributed by atoms with Crippen LogP contribution < -0.4 is 0 Å². The zero-order valence-electron chi connectivity index (χ0n) is 7.63. The van der Waals surface area contributed by atoms with Gasteiger partial charge in [-0.2, -0.15) is 0 Å². The van der Waals surface area contributed by atoms with Gasteiger partial charge >= 0.3 is 0 Å². The van der Waals surface area contributed by atoms with E-state index in [1.54, 1.807) is 0 Å². The third-order valence-electron chi connectivity index (χ3n) is 1.84. The number of alkyl halides is 2. The summed E-state index contributed by atoms with van der Waals surface area (Å²) in [5.41, 5.74) is 0. The van der Waals surface area contributed by atoms with E-state index in [0.717, 1.165) is 25.7 Å². The van der Waals surface area contributed by atoms with Crippen LogP contribution in [0.15, 0.2) is 0 Å². The molecule has 0 fully saturated rings. The highest BCUT2D eigenvalue weighted by molar-refractivity contribution is 14.2. The molecule has 0 radical (unpaired) electrons. The molecule has 0 aromatic heterocycles. The van der Waals surface area contributed by atoms with Crippen LogP contribution in [0.25, 0.3) is 0 Å². The third-order valence-corrected chi connectivity index (χ3v) is 4.36. The minimum absolute atomic E-state index is 0.595. The summed E-state index contributed by atoms with van der Waals surface area (Å²) in [5.74, 6) is -2.58. The van der Waals surface area contributed by atoms with E-state index in [2.05, 4.69) is 6.92 Å². The molecule has 0 rings (SSSR count). The lowest BCUT2D eigenvalue weighted by molar-refractivity contribution is -0.310. The Labute approximate surface area is 106 Å². The van der Waals surface area contributed by atoms with Crippen molar-refractivity contribution in [3.05, 3.63) is 0 Å². The van der Waals surface area contributed by atoms with E-state index in [1.807, 2.05) is 45.2 Å². The van der Waals surface area contributed by atoms with Gasteiger partial charge in [-0.3, -0.25) is 0 Å². The van der Waals surface area contributed by atoms with Gasteiger partial charge in [-0.05, 0) is 6.42 Å². The molecule has 3 N–H and O–H groups in total. The van der Waals surface area contributed by atoms with E-state index in [1.165, 1.54) is 0 Å². The van der Waals surface area contributed by atoms with E-state index in [0.29, 0.717) is 6.42 Å². The van der Waals surface area contributed by atoms with E-state index in [9.17, 15) is 0 Å². The molecule has 0 aliphatic rings. The fourth-order valence-electron chi connectivity index (χ4n) is 0.942. The monoisotopic (exact) mass is 414 g/mol. The summed E-state index contributed by atoms with van der Waals surface area (Å²) >= 11 is 3.74. The van der Waals surface area contributed by atoms with Gasteiger partial charge in [-0.1, -0.05) is 77.8 Å². The molecule has 0 saturated carbocycles. The van der Waals surface area contributed by atoms with Crippen LogP contribution in [0.3, 0.4) is 0 Å². The second-order valence-corrected chi connectivity index (χ2v) is 8.90. The maximum atomic E-state index is 9.00. The molecule has 0 amide bonds. The number of aliphatic hydroxyl groups is 3. The summed E-state index contributed by atoms with van der Waals surface area (Å²) in [4.78, 5) is 0. The van der Waals surface area contributed by atoms with Crippen molar-refractivity contribution in [2.45, 2.75) is 46.4 Å². The van der Waals surface area contributed by atoms with Gasteiger partial charge in [0.2, 0.25) is 0 Å². The summed E-state index contributed by atoms with van der Waals surface area (Å²) in [6.45, 7) is 2.12. The lowest BCUT2D eigenvalue weighted by Gasteiger charge is -2.29. The van der Waals surface area contributed by atoms with Gasteiger partial charge < -0.3 is 15.3 Å². The van der Waals surface area contributed by atoms with Crippen LogP contribution in [-0.4, -0.2) is 22.7 Å². The predicted octanol–water partition coefficient (Wildman–Crippen LogP) is 2.15. The summed E-state index contributed by atoms with van der Waals surface area (Å²) in [5, 5.41) is 27.0. The quantitative estimate of drug-likeness (QED) is 0.270. The molecular weight excluding hydrogens is 398 g/mol. The van der Waals surface area contributed by atoms with Gasteiger partial charge in [0.25, 0.3) is 5.97 Å². The maximum absolute atomic E-state index is 9.00. The number of rotatable bonds is 6. The van der Waals surface area contributed by atoms with Gasteiger partial charge in [0.15, 0.2) is 1.43 Å².